The molecule has 36 heavy (non-hydrogen) atoms. The number of thioether (sulfide) groups is 1. The molecule has 3 aromatic rings. The van der Waals surface area contributed by atoms with E-state index in [0.717, 1.165) is 0 Å². The number of hydrogen-bond donors (Lipinski definition) is 3. The Morgan fingerprint density at radius 1 is 1.42 bits per heavy atom. The Bertz CT molecular complexity index is 1210. The molecule has 0 radical (unpaired) electrons. The van der Waals surface area contributed by atoms with Gasteiger partial charge in [0.2, 0.25) is 17.6 Å². The molecule has 9 nitrogen and oxygen atoms in total. The first-order valence-corrected chi connectivity index (χ1v) is 12.1. The lowest BCUT2D eigenvalue weighted by Gasteiger charge is -2.33. The number of anilines is 1. The van der Waals surface area contributed by atoms with Crippen molar-refractivity contribution in [2.24, 2.45) is 0 Å². The average Bonchev–Trinajstić information content (AvgIpc) is 3.38. The highest BCUT2D eigenvalue weighted by Gasteiger charge is 2.34. The quantitative estimate of drug-likeness (QED) is 0.300. The van der Waals surface area contributed by atoms with Crippen LogP contribution in [0.3, 0.4) is 0 Å². The van der Waals surface area contributed by atoms with E-state index in [1.54, 1.807) is 12.1 Å². The molecule has 1 saturated heterocycles. The summed E-state index contributed by atoms with van der Waals surface area (Å²) in [5, 5.41) is 18.6. The molecule has 0 aliphatic carbocycles. The third kappa shape index (κ3) is 6.28. The molecule has 0 aromatic carbocycles. The van der Waals surface area contributed by atoms with Crippen LogP contribution in [0.2, 0.25) is 0 Å². The molecule has 1 fully saturated rings. The number of amides is 1. The molecule has 3 N–H and O–H groups in total. The van der Waals surface area contributed by atoms with Crippen LogP contribution in [0.4, 0.5) is 23.2 Å². The number of carbonyl (C=O) groups is 1. The van der Waals surface area contributed by atoms with E-state index in [1.807, 2.05) is 11.9 Å². The number of aliphatic hydroxyl groups is 1. The average molecular weight is 531 g/mol. The highest BCUT2D eigenvalue weighted by molar-refractivity contribution is 8.00. The summed E-state index contributed by atoms with van der Waals surface area (Å²) in [6.45, 7) is 2.28. The van der Waals surface area contributed by atoms with Gasteiger partial charge in [-0.25, -0.2) is 4.39 Å². The number of nitrogens with one attached hydrogen (secondary N) is 2. The van der Waals surface area contributed by atoms with Crippen LogP contribution in [0.1, 0.15) is 25.7 Å². The molecule has 196 valence electrons. The van der Waals surface area contributed by atoms with Gasteiger partial charge in [-0.05, 0) is 38.6 Å². The minimum absolute atomic E-state index is 0.00731. The zero-order chi connectivity index (χ0) is 26.0. The van der Waals surface area contributed by atoms with Crippen LogP contribution in [0.15, 0.2) is 33.9 Å². The van der Waals surface area contributed by atoms with Crippen LogP contribution in [0.5, 0.6) is 0 Å². The number of halogens is 4. The molecule has 0 unspecified atom stereocenters. The summed E-state index contributed by atoms with van der Waals surface area (Å²) in [6, 6.07) is 4.29. The van der Waals surface area contributed by atoms with Gasteiger partial charge in [0.1, 0.15) is 6.17 Å². The third-order valence-electron chi connectivity index (χ3n) is 5.69. The van der Waals surface area contributed by atoms with E-state index in [2.05, 4.69) is 20.8 Å². The maximum atomic E-state index is 14.6. The lowest BCUT2D eigenvalue weighted by Crippen LogP contribution is -2.46. The monoisotopic (exact) mass is 530 g/mol. The number of piperidine rings is 1. The Labute approximate surface area is 208 Å². The second kappa shape index (κ2) is 10.6. The Hall–Kier alpha value is -2.84. The number of aliphatic hydroxyl groups excluding tert-OH is 1. The van der Waals surface area contributed by atoms with Crippen LogP contribution in [-0.4, -0.2) is 74.4 Å². The van der Waals surface area contributed by atoms with Crippen molar-refractivity contribution in [3.05, 3.63) is 30.3 Å². The Kier molecular flexibility index (Phi) is 7.76. The van der Waals surface area contributed by atoms with Crippen LogP contribution in [0.25, 0.3) is 16.9 Å². The smallest absolute Gasteiger partial charge is 0.393 e. The number of hydrogen-bond acceptors (Lipinski definition) is 8. The molecule has 14 heteroatoms. The molecular formula is C22H26F4N6O3S. The fourth-order valence-corrected chi connectivity index (χ4v) is 4.78. The number of pyridine rings is 1. The molecule has 3 atom stereocenters. The topological polar surface area (TPSA) is 108 Å². The van der Waals surface area contributed by atoms with E-state index in [4.69, 9.17) is 4.52 Å². The van der Waals surface area contributed by atoms with Gasteiger partial charge < -0.3 is 29.6 Å². The number of fused-ring (bicyclic) bond motifs is 1. The van der Waals surface area contributed by atoms with Gasteiger partial charge in [-0.3, -0.25) is 4.79 Å². The van der Waals surface area contributed by atoms with Crippen molar-refractivity contribution < 1.29 is 32.0 Å². The molecule has 4 heterocycles. The fourth-order valence-electron chi connectivity index (χ4n) is 4.04. The van der Waals surface area contributed by atoms with E-state index >= 15 is 0 Å². The van der Waals surface area contributed by atoms with Gasteiger partial charge in [-0.2, -0.15) is 18.2 Å². The van der Waals surface area contributed by atoms with Crippen LogP contribution in [-0.2, 0) is 11.3 Å². The summed E-state index contributed by atoms with van der Waals surface area (Å²) in [4.78, 5) is 17.8. The van der Waals surface area contributed by atoms with Gasteiger partial charge in [-0.1, -0.05) is 5.16 Å². The van der Waals surface area contributed by atoms with Gasteiger partial charge in [0.15, 0.2) is 0 Å². The first-order valence-electron chi connectivity index (χ1n) is 11.3. The summed E-state index contributed by atoms with van der Waals surface area (Å²) >= 11 is -0.316. The van der Waals surface area contributed by atoms with Gasteiger partial charge in [0.05, 0.1) is 46.9 Å². The third-order valence-corrected chi connectivity index (χ3v) is 6.53. The molecule has 1 amide bonds. The van der Waals surface area contributed by atoms with E-state index in [-0.39, 0.29) is 53.6 Å². The van der Waals surface area contributed by atoms with Crippen molar-refractivity contribution in [2.75, 3.05) is 25.5 Å². The van der Waals surface area contributed by atoms with Crippen LogP contribution >= 0.6 is 11.8 Å². The highest BCUT2D eigenvalue weighted by atomic mass is 32.2. The second-order valence-corrected chi connectivity index (χ2v) is 9.80. The minimum Gasteiger partial charge on any atom is -0.393 e. The molecule has 3 aromatic heterocycles. The highest BCUT2D eigenvalue weighted by Crippen LogP contribution is 2.43. The van der Waals surface area contributed by atoms with Crippen molar-refractivity contribution in [3.8, 4) is 11.4 Å². The van der Waals surface area contributed by atoms with E-state index in [0.29, 0.717) is 24.2 Å². The van der Waals surface area contributed by atoms with Gasteiger partial charge >= 0.3 is 5.51 Å². The number of likely N-dealkylation sites (tertiary alicyclic amines) is 1. The Morgan fingerprint density at radius 2 is 2.19 bits per heavy atom. The summed E-state index contributed by atoms with van der Waals surface area (Å²) in [6.07, 6.45) is -0.0526. The van der Waals surface area contributed by atoms with Crippen molar-refractivity contribution in [3.63, 3.8) is 0 Å². The van der Waals surface area contributed by atoms with Crippen LogP contribution in [0, 0.1) is 0 Å². The fraction of sp³-hybridized carbons (Fsp3) is 0.500. The van der Waals surface area contributed by atoms with Gasteiger partial charge in [0, 0.05) is 31.0 Å². The number of aromatic nitrogens is 3. The summed E-state index contributed by atoms with van der Waals surface area (Å²) < 4.78 is 61.5. The van der Waals surface area contributed by atoms with E-state index in [9.17, 15) is 27.5 Å². The van der Waals surface area contributed by atoms with Crippen molar-refractivity contribution in [1.29, 1.82) is 0 Å². The SMILES string of the molecule is C[C@H](O)CC(=O)NCc1nc(-c2cc3c(N[C@@H]4CCN(C)C[C@@H]4F)cccn3c2SC(F)(F)F)no1. The lowest BCUT2D eigenvalue weighted by atomic mass is 10.0. The summed E-state index contributed by atoms with van der Waals surface area (Å²) in [5.41, 5.74) is -3.62. The first-order chi connectivity index (χ1) is 17.0. The zero-order valence-corrected chi connectivity index (χ0v) is 20.4. The minimum atomic E-state index is -4.59. The van der Waals surface area contributed by atoms with Crippen molar-refractivity contribution >= 4 is 28.9 Å². The normalized spacial score (nSPS) is 20.0. The zero-order valence-electron chi connectivity index (χ0n) is 19.5. The van der Waals surface area contributed by atoms with Gasteiger partial charge in [0.25, 0.3) is 0 Å². The molecule has 0 saturated carbocycles. The number of nitrogens with zero attached hydrogens (tertiary/aromatic N) is 4. The van der Waals surface area contributed by atoms with E-state index < -0.39 is 29.7 Å². The molecule has 1 aliphatic heterocycles. The molecule has 1 aliphatic rings. The first kappa shape index (κ1) is 26.2. The van der Waals surface area contributed by atoms with E-state index in [1.165, 1.54) is 23.6 Å². The molecule has 4 rings (SSSR count). The Balaban J connectivity index is 1.65. The van der Waals surface area contributed by atoms with Crippen LogP contribution < -0.4 is 10.6 Å². The molecule has 0 spiro atoms. The summed E-state index contributed by atoms with van der Waals surface area (Å²) in [5.74, 6) is -0.533. The largest absolute Gasteiger partial charge is 0.447 e. The standard InChI is InChI=1S/C22H26F4N6O3S/c1-12(33)8-18(34)27-10-19-29-20(30-35-19)13-9-17-16(28-15-5-7-31(2)11-14(15)23)4-3-6-32(17)21(13)36-22(24,25)26/h3-4,6,9,12,14-15,28,33H,5,7-8,10-11H2,1-2H3,(H,27,34)/t12-,14-,15+/m0/s1. The number of carbonyl (C=O) groups excluding carboxylic acids is 1. The predicted octanol–water partition coefficient (Wildman–Crippen LogP) is 3.44. The maximum Gasteiger partial charge on any atom is 0.447 e. The number of rotatable bonds is 8. The maximum absolute atomic E-state index is 14.6. The molecular weight excluding hydrogens is 504 g/mol. The van der Waals surface area contributed by atoms with Crippen molar-refractivity contribution in [1.82, 2.24) is 24.8 Å². The predicted molar refractivity (Wildman–Crippen MR) is 125 cm³/mol. The second-order valence-electron chi connectivity index (χ2n) is 8.75. The van der Waals surface area contributed by atoms with Crippen molar-refractivity contribution in [2.45, 2.75) is 55.2 Å². The molecule has 0 bridgehead atoms. The lowest BCUT2D eigenvalue weighted by molar-refractivity contribution is -0.123. The summed E-state index contributed by atoms with van der Waals surface area (Å²) in [7, 11) is 1.83. The number of alkyl halides is 4. The Morgan fingerprint density at radius 3 is 2.89 bits per heavy atom. The van der Waals surface area contributed by atoms with Gasteiger partial charge in [-0.15, -0.1) is 0 Å².